The van der Waals surface area contributed by atoms with Gasteiger partial charge in [0, 0.05) is 17.6 Å². The van der Waals surface area contributed by atoms with Crippen LogP contribution in [0.1, 0.15) is 17.3 Å². The molecule has 5 heteroatoms. The first-order chi connectivity index (χ1) is 12.2. The molecule has 5 nitrogen and oxygen atoms in total. The molecule has 0 spiro atoms. The van der Waals surface area contributed by atoms with Gasteiger partial charge < -0.3 is 13.9 Å². The summed E-state index contributed by atoms with van der Waals surface area (Å²) in [6, 6.07) is 12.9. The van der Waals surface area contributed by atoms with Crippen LogP contribution in [0.5, 0.6) is 5.75 Å². The Balaban J connectivity index is 2.09. The number of hydrogen-bond donors (Lipinski definition) is 0. The molecule has 2 aromatic heterocycles. The number of benzene rings is 1. The van der Waals surface area contributed by atoms with Crippen molar-refractivity contribution < 1.29 is 14.3 Å². The number of nitriles is 1. The number of fused-ring (bicyclic) bond motifs is 3. The minimum Gasteiger partial charge on any atom is -0.479 e. The first-order valence-corrected chi connectivity index (χ1v) is 7.81. The van der Waals surface area contributed by atoms with E-state index >= 15 is 0 Å². The van der Waals surface area contributed by atoms with Gasteiger partial charge in [-0.3, -0.25) is 0 Å². The summed E-state index contributed by atoms with van der Waals surface area (Å²) in [6.45, 7) is 1.96. The molecule has 2 heterocycles. The average molecular weight is 332 g/mol. The van der Waals surface area contributed by atoms with E-state index in [0.29, 0.717) is 11.3 Å². The normalized spacial score (nSPS) is 11.6. The minimum absolute atomic E-state index is 0.0340. The fourth-order valence-electron chi connectivity index (χ4n) is 2.66. The Labute approximate surface area is 145 Å². The molecule has 0 saturated carbocycles. The molecule has 0 aliphatic rings. The third kappa shape index (κ3) is 3.13. The quantitative estimate of drug-likeness (QED) is 0.530. The van der Waals surface area contributed by atoms with Crippen molar-refractivity contribution in [2.45, 2.75) is 6.92 Å². The van der Waals surface area contributed by atoms with Gasteiger partial charge in [-0.25, -0.2) is 4.79 Å². The first kappa shape index (κ1) is 16.4. The molecule has 0 fully saturated rings. The number of pyridine rings is 1. The number of ether oxygens (including phenoxy) is 2. The van der Waals surface area contributed by atoms with Crippen LogP contribution in [0.15, 0.2) is 42.6 Å². The number of terminal acetylenes is 1. The molecule has 0 amide bonds. The lowest BCUT2D eigenvalue weighted by Gasteiger charge is -2.06. The Morgan fingerprint density at radius 3 is 2.92 bits per heavy atom. The number of carbonyl (C=O) groups is 1. The molecule has 0 bridgehead atoms. The Hall–Kier alpha value is -3.44. The van der Waals surface area contributed by atoms with E-state index in [0.717, 1.165) is 16.4 Å². The maximum atomic E-state index is 12.6. The fraction of sp³-hybridized carbons (Fsp3) is 0.200. The number of esters is 1. The van der Waals surface area contributed by atoms with Gasteiger partial charge >= 0.3 is 5.97 Å². The van der Waals surface area contributed by atoms with E-state index in [1.807, 2.05) is 41.8 Å². The smallest absolute Gasteiger partial charge is 0.341 e. The summed E-state index contributed by atoms with van der Waals surface area (Å²) in [7, 11) is 0. The van der Waals surface area contributed by atoms with Crippen LogP contribution in [-0.2, 0) is 4.74 Å². The van der Waals surface area contributed by atoms with Gasteiger partial charge in [-0.1, -0.05) is 6.07 Å². The Morgan fingerprint density at radius 2 is 2.16 bits per heavy atom. The van der Waals surface area contributed by atoms with Crippen molar-refractivity contribution >= 4 is 22.4 Å². The van der Waals surface area contributed by atoms with Crippen molar-refractivity contribution in [3.63, 3.8) is 0 Å². The van der Waals surface area contributed by atoms with E-state index in [4.69, 9.17) is 21.2 Å². The molecule has 1 atom stereocenters. The highest BCUT2D eigenvalue weighted by Crippen LogP contribution is 2.30. The largest absolute Gasteiger partial charge is 0.479 e. The van der Waals surface area contributed by atoms with Crippen molar-refractivity contribution in [2.75, 3.05) is 13.2 Å². The van der Waals surface area contributed by atoms with Gasteiger partial charge in [-0.15, -0.1) is 12.3 Å². The summed E-state index contributed by atoms with van der Waals surface area (Å²) in [5.74, 6) is 2.56. The van der Waals surface area contributed by atoms with E-state index in [1.165, 1.54) is 0 Å². The summed E-state index contributed by atoms with van der Waals surface area (Å²) in [4.78, 5) is 12.6. The lowest BCUT2D eigenvalue weighted by molar-refractivity contribution is 0.0481. The molecule has 3 rings (SSSR count). The van der Waals surface area contributed by atoms with Crippen LogP contribution >= 0.6 is 0 Å². The SMILES string of the molecule is C#CC(C)COC(=O)c1c2ccc(OCC#N)cc2n2ccccc12. The summed E-state index contributed by atoms with van der Waals surface area (Å²) in [5, 5.41) is 9.42. The van der Waals surface area contributed by atoms with Crippen LogP contribution in [-0.4, -0.2) is 23.6 Å². The Bertz CT molecular complexity index is 1020. The standard InChI is InChI=1S/C20H16N2O3/c1-3-14(2)13-25-20(23)19-16-8-7-15(24-11-9-21)12-18(16)22-10-5-4-6-17(19)22/h1,4-8,10,12,14H,11,13H2,2H3. The third-order valence-electron chi connectivity index (χ3n) is 3.87. The maximum absolute atomic E-state index is 12.6. The summed E-state index contributed by atoms with van der Waals surface area (Å²) >= 11 is 0. The van der Waals surface area contributed by atoms with Gasteiger partial charge in [0.15, 0.2) is 6.61 Å². The molecule has 0 saturated heterocycles. The van der Waals surface area contributed by atoms with Gasteiger partial charge in [-0.2, -0.15) is 5.26 Å². The fourth-order valence-corrected chi connectivity index (χ4v) is 2.66. The molecule has 124 valence electrons. The van der Waals surface area contributed by atoms with E-state index in [9.17, 15) is 4.79 Å². The Kier molecular flexibility index (Phi) is 4.59. The number of aromatic nitrogens is 1. The van der Waals surface area contributed by atoms with Gasteiger partial charge in [0.1, 0.15) is 18.4 Å². The lowest BCUT2D eigenvalue weighted by atomic mass is 10.1. The molecule has 3 aromatic rings. The monoisotopic (exact) mass is 332 g/mol. The summed E-state index contributed by atoms with van der Waals surface area (Å²) in [5.41, 5.74) is 2.04. The highest BCUT2D eigenvalue weighted by molar-refractivity contribution is 6.11. The molecule has 0 radical (unpaired) electrons. The van der Waals surface area contributed by atoms with E-state index in [-0.39, 0.29) is 19.1 Å². The van der Waals surface area contributed by atoms with Crippen molar-refractivity contribution in [3.05, 3.63) is 48.2 Å². The second kappa shape index (κ2) is 6.98. The molecule has 25 heavy (non-hydrogen) atoms. The molecular formula is C20H16N2O3. The van der Waals surface area contributed by atoms with Crippen molar-refractivity contribution in [1.82, 2.24) is 4.40 Å². The molecule has 1 aromatic carbocycles. The van der Waals surface area contributed by atoms with Crippen LogP contribution in [0.2, 0.25) is 0 Å². The highest BCUT2D eigenvalue weighted by Gasteiger charge is 2.20. The zero-order valence-corrected chi connectivity index (χ0v) is 13.7. The number of nitrogens with zero attached hydrogens (tertiary/aromatic N) is 2. The summed E-state index contributed by atoms with van der Waals surface area (Å²) in [6.07, 6.45) is 7.20. The predicted octanol–water partition coefficient (Wildman–Crippen LogP) is 3.42. The van der Waals surface area contributed by atoms with Crippen molar-refractivity contribution in [3.8, 4) is 24.2 Å². The second-order valence-electron chi connectivity index (χ2n) is 5.62. The zero-order valence-electron chi connectivity index (χ0n) is 13.7. The number of carbonyl (C=O) groups excluding carboxylic acids is 1. The van der Waals surface area contributed by atoms with Gasteiger partial charge in [0.05, 0.1) is 22.5 Å². The molecular weight excluding hydrogens is 316 g/mol. The molecule has 0 aliphatic heterocycles. The van der Waals surface area contributed by atoms with E-state index in [1.54, 1.807) is 18.2 Å². The van der Waals surface area contributed by atoms with Crippen LogP contribution in [0, 0.1) is 29.6 Å². The van der Waals surface area contributed by atoms with Gasteiger partial charge in [0.2, 0.25) is 0 Å². The van der Waals surface area contributed by atoms with E-state index in [2.05, 4.69) is 5.92 Å². The van der Waals surface area contributed by atoms with Crippen LogP contribution in [0.3, 0.4) is 0 Å². The van der Waals surface area contributed by atoms with Gasteiger partial charge in [0.25, 0.3) is 0 Å². The molecule has 0 aliphatic carbocycles. The molecule has 1 unspecified atom stereocenters. The average Bonchev–Trinajstić information content (AvgIpc) is 2.98. The summed E-state index contributed by atoms with van der Waals surface area (Å²) < 4.78 is 12.6. The second-order valence-corrected chi connectivity index (χ2v) is 5.62. The first-order valence-electron chi connectivity index (χ1n) is 7.81. The van der Waals surface area contributed by atoms with Crippen LogP contribution < -0.4 is 4.74 Å². The Morgan fingerprint density at radius 1 is 1.32 bits per heavy atom. The minimum atomic E-state index is -0.411. The van der Waals surface area contributed by atoms with E-state index < -0.39 is 5.97 Å². The van der Waals surface area contributed by atoms with Gasteiger partial charge in [-0.05, 0) is 31.2 Å². The number of rotatable bonds is 5. The molecule has 0 N–H and O–H groups in total. The van der Waals surface area contributed by atoms with Crippen LogP contribution in [0.4, 0.5) is 0 Å². The lowest BCUT2D eigenvalue weighted by Crippen LogP contribution is -2.11. The van der Waals surface area contributed by atoms with Crippen molar-refractivity contribution in [1.29, 1.82) is 5.26 Å². The third-order valence-corrected chi connectivity index (χ3v) is 3.87. The maximum Gasteiger partial charge on any atom is 0.341 e. The predicted molar refractivity (Wildman–Crippen MR) is 94.3 cm³/mol. The number of hydrogen-bond acceptors (Lipinski definition) is 4. The van der Waals surface area contributed by atoms with Crippen molar-refractivity contribution in [2.24, 2.45) is 5.92 Å². The topological polar surface area (TPSA) is 63.7 Å². The van der Waals surface area contributed by atoms with Crippen LogP contribution in [0.25, 0.3) is 16.4 Å². The zero-order chi connectivity index (χ0) is 17.8. The highest BCUT2D eigenvalue weighted by atomic mass is 16.5.